The quantitative estimate of drug-likeness (QED) is 0.197. The van der Waals surface area contributed by atoms with Crippen LogP contribution < -0.4 is 0 Å². The molecule has 0 radical (unpaired) electrons. The van der Waals surface area contributed by atoms with Crippen molar-refractivity contribution in [3.8, 4) is 45.3 Å². The van der Waals surface area contributed by atoms with Gasteiger partial charge in [0.1, 0.15) is 22.3 Å². The van der Waals surface area contributed by atoms with Crippen molar-refractivity contribution in [1.82, 2.24) is 15.0 Å². The fourth-order valence-electron chi connectivity index (χ4n) is 6.80. The van der Waals surface area contributed by atoms with Crippen molar-refractivity contribution in [2.75, 3.05) is 0 Å². The van der Waals surface area contributed by atoms with E-state index in [9.17, 15) is 0 Å². The van der Waals surface area contributed by atoms with Gasteiger partial charge in [-0.1, -0.05) is 121 Å². The van der Waals surface area contributed by atoms with Crippen LogP contribution in [0, 0.1) is 0 Å². The van der Waals surface area contributed by atoms with E-state index in [1.807, 2.05) is 54.6 Å². The lowest BCUT2D eigenvalue weighted by atomic mass is 10.0. The Morgan fingerprint density at radius 1 is 0.354 bits per heavy atom. The highest BCUT2D eigenvalue weighted by Gasteiger charge is 2.19. The smallest absolute Gasteiger partial charge is 0.164 e. The minimum Gasteiger partial charge on any atom is -0.456 e. The normalized spacial score (nSPS) is 11.8. The van der Waals surface area contributed by atoms with Gasteiger partial charge in [0.05, 0.1) is 0 Å². The fourth-order valence-corrected chi connectivity index (χ4v) is 6.80. The molecule has 0 saturated heterocycles. The van der Waals surface area contributed by atoms with E-state index < -0.39 is 0 Å². The van der Waals surface area contributed by atoms with Crippen LogP contribution in [0.15, 0.2) is 160 Å². The van der Waals surface area contributed by atoms with Crippen LogP contribution in [0.1, 0.15) is 0 Å². The summed E-state index contributed by atoms with van der Waals surface area (Å²) in [4.78, 5) is 15.3. The van der Waals surface area contributed by atoms with Gasteiger partial charge in [-0.05, 0) is 46.8 Å². The summed E-state index contributed by atoms with van der Waals surface area (Å²) in [7, 11) is 0. The molecule has 0 aliphatic heterocycles. The second-order valence-electron chi connectivity index (χ2n) is 12.0. The number of fused-ring (bicyclic) bond motifs is 8. The zero-order valence-corrected chi connectivity index (χ0v) is 25.6. The topological polar surface area (TPSA) is 65.0 Å². The Hall–Kier alpha value is -6.59. The Morgan fingerprint density at radius 3 is 1.79 bits per heavy atom. The molecule has 5 heteroatoms. The van der Waals surface area contributed by atoms with Gasteiger partial charge in [-0.2, -0.15) is 0 Å². The number of hydrogen-bond acceptors (Lipinski definition) is 5. The zero-order chi connectivity index (χ0) is 31.6. The van der Waals surface area contributed by atoms with Gasteiger partial charge in [0, 0.05) is 43.6 Å². The van der Waals surface area contributed by atoms with Gasteiger partial charge in [-0.3, -0.25) is 0 Å². The lowest BCUT2D eigenvalue weighted by Gasteiger charge is -2.10. The SMILES string of the molecule is c1ccc(-c2ccc(-c3nc(-c4ccc5ccc6c7ccccc7oc6c5c4)nc(-c4cccc5oc6ccccc6c45)n3)cc2)cc1. The summed E-state index contributed by atoms with van der Waals surface area (Å²) in [5.74, 6) is 1.77. The van der Waals surface area contributed by atoms with Crippen LogP contribution in [-0.4, -0.2) is 15.0 Å². The number of nitrogens with zero attached hydrogens (tertiary/aromatic N) is 3. The van der Waals surface area contributed by atoms with E-state index in [-0.39, 0.29) is 0 Å². The minimum absolute atomic E-state index is 0.585. The summed E-state index contributed by atoms with van der Waals surface area (Å²) in [6, 6.07) is 51.7. The van der Waals surface area contributed by atoms with Crippen LogP contribution in [0.2, 0.25) is 0 Å². The summed E-state index contributed by atoms with van der Waals surface area (Å²) < 4.78 is 12.6. The Bertz CT molecular complexity index is 2830. The zero-order valence-electron chi connectivity index (χ0n) is 25.6. The maximum absolute atomic E-state index is 6.41. The molecule has 0 unspecified atom stereocenters. The molecule has 0 fully saturated rings. The molecule has 48 heavy (non-hydrogen) atoms. The van der Waals surface area contributed by atoms with Crippen LogP contribution in [0.5, 0.6) is 0 Å². The van der Waals surface area contributed by atoms with Gasteiger partial charge in [0.2, 0.25) is 0 Å². The second kappa shape index (κ2) is 10.5. The van der Waals surface area contributed by atoms with Gasteiger partial charge in [-0.25, -0.2) is 15.0 Å². The van der Waals surface area contributed by atoms with Gasteiger partial charge >= 0.3 is 0 Å². The molecule has 5 nitrogen and oxygen atoms in total. The number of furan rings is 2. The molecule has 0 N–H and O–H groups in total. The van der Waals surface area contributed by atoms with E-state index in [1.165, 1.54) is 0 Å². The fraction of sp³-hybridized carbons (Fsp3) is 0. The van der Waals surface area contributed by atoms with E-state index in [4.69, 9.17) is 23.8 Å². The first-order valence-corrected chi connectivity index (χ1v) is 15.9. The van der Waals surface area contributed by atoms with E-state index in [0.717, 1.165) is 82.5 Å². The van der Waals surface area contributed by atoms with Crippen LogP contribution in [0.3, 0.4) is 0 Å². The van der Waals surface area contributed by atoms with E-state index in [0.29, 0.717) is 17.5 Å². The molecule has 3 heterocycles. The number of benzene rings is 7. The Labute approximate surface area is 274 Å². The molecule has 0 bridgehead atoms. The van der Waals surface area contributed by atoms with Crippen LogP contribution in [-0.2, 0) is 0 Å². The van der Waals surface area contributed by atoms with Crippen molar-refractivity contribution in [1.29, 1.82) is 0 Å². The summed E-state index contributed by atoms with van der Waals surface area (Å²) in [6.45, 7) is 0. The van der Waals surface area contributed by atoms with Crippen LogP contribution in [0.25, 0.3) is 99.9 Å². The minimum atomic E-state index is 0.585. The second-order valence-corrected chi connectivity index (χ2v) is 12.0. The molecule has 0 aliphatic rings. The third-order valence-electron chi connectivity index (χ3n) is 9.15. The first kappa shape index (κ1) is 26.6. The Kier molecular flexibility index (Phi) is 5.81. The third-order valence-corrected chi connectivity index (χ3v) is 9.15. The predicted octanol–water partition coefficient (Wildman–Crippen LogP) is 11.5. The molecule has 0 atom stereocenters. The van der Waals surface area contributed by atoms with Crippen LogP contribution >= 0.6 is 0 Å². The van der Waals surface area contributed by atoms with Gasteiger partial charge in [0.25, 0.3) is 0 Å². The molecular formula is C43H25N3O2. The molecule has 7 aromatic carbocycles. The predicted molar refractivity (Wildman–Crippen MR) is 194 cm³/mol. The number of para-hydroxylation sites is 2. The van der Waals surface area contributed by atoms with Gasteiger partial charge < -0.3 is 8.83 Å². The third kappa shape index (κ3) is 4.22. The standard InChI is InChI=1S/C43H25N3O2/c1-2-9-26(10-3-1)27-17-20-29(21-18-27)41-44-42(46-43(45-41)34-13-8-16-38-39(34)33-12-5-7-15-37(33)47-38)30-22-19-28-23-24-32-31-11-4-6-14-36(31)48-40(32)35(28)25-30/h1-25H. The summed E-state index contributed by atoms with van der Waals surface area (Å²) in [5, 5.41) is 6.30. The molecule has 10 rings (SSSR count). The maximum Gasteiger partial charge on any atom is 0.164 e. The molecule has 3 aromatic heterocycles. The molecule has 0 aliphatic carbocycles. The lowest BCUT2D eigenvalue weighted by Crippen LogP contribution is -2.00. The van der Waals surface area contributed by atoms with E-state index >= 15 is 0 Å². The van der Waals surface area contributed by atoms with Crippen LogP contribution in [0.4, 0.5) is 0 Å². The highest BCUT2D eigenvalue weighted by atomic mass is 16.3. The lowest BCUT2D eigenvalue weighted by molar-refractivity contribution is 0.669. The molecule has 10 aromatic rings. The van der Waals surface area contributed by atoms with Crippen molar-refractivity contribution in [3.05, 3.63) is 152 Å². The molecular weight excluding hydrogens is 590 g/mol. The first-order chi connectivity index (χ1) is 23.8. The Morgan fingerprint density at radius 2 is 0.958 bits per heavy atom. The highest BCUT2D eigenvalue weighted by Crippen LogP contribution is 2.38. The summed E-state index contributed by atoms with van der Waals surface area (Å²) in [6.07, 6.45) is 0. The molecule has 0 spiro atoms. The number of hydrogen-bond donors (Lipinski definition) is 0. The van der Waals surface area contributed by atoms with Gasteiger partial charge in [0.15, 0.2) is 17.5 Å². The van der Waals surface area contributed by atoms with E-state index in [2.05, 4.69) is 97.1 Å². The van der Waals surface area contributed by atoms with E-state index in [1.54, 1.807) is 0 Å². The molecule has 224 valence electrons. The monoisotopic (exact) mass is 615 g/mol. The van der Waals surface area contributed by atoms with Crippen molar-refractivity contribution in [2.45, 2.75) is 0 Å². The first-order valence-electron chi connectivity index (χ1n) is 15.9. The number of rotatable bonds is 4. The van der Waals surface area contributed by atoms with Crippen molar-refractivity contribution in [2.24, 2.45) is 0 Å². The summed E-state index contributed by atoms with van der Waals surface area (Å²) in [5.41, 5.74) is 8.32. The van der Waals surface area contributed by atoms with Crippen molar-refractivity contribution >= 4 is 54.6 Å². The molecule has 0 amide bonds. The van der Waals surface area contributed by atoms with Crippen molar-refractivity contribution in [3.63, 3.8) is 0 Å². The Balaban J connectivity index is 1.20. The average Bonchev–Trinajstić information content (AvgIpc) is 3.74. The largest absolute Gasteiger partial charge is 0.456 e. The number of aromatic nitrogens is 3. The highest BCUT2D eigenvalue weighted by molar-refractivity contribution is 6.15. The van der Waals surface area contributed by atoms with Crippen molar-refractivity contribution < 1.29 is 8.83 Å². The van der Waals surface area contributed by atoms with Gasteiger partial charge in [-0.15, -0.1) is 0 Å². The molecule has 0 saturated carbocycles. The maximum atomic E-state index is 6.41. The average molecular weight is 616 g/mol. The summed E-state index contributed by atoms with van der Waals surface area (Å²) >= 11 is 0.